The molecule has 0 aliphatic carbocycles. The lowest BCUT2D eigenvalue weighted by atomic mass is 9.99. The van der Waals surface area contributed by atoms with Gasteiger partial charge in [0.05, 0.1) is 17.2 Å². The molecule has 1 aliphatic rings. The number of aliphatic hydroxyl groups is 1. The SMILES string of the molecule is O=C1NC(O)NC(Cl)C1CCCCS(=O)(=O)O. The van der Waals surface area contributed by atoms with E-state index < -0.39 is 27.9 Å². The van der Waals surface area contributed by atoms with Crippen LogP contribution < -0.4 is 10.6 Å². The predicted molar refractivity (Wildman–Crippen MR) is 60.7 cm³/mol. The van der Waals surface area contributed by atoms with E-state index in [0.717, 1.165) is 0 Å². The molecule has 3 atom stereocenters. The Morgan fingerprint density at radius 2 is 2.00 bits per heavy atom. The minimum atomic E-state index is -3.95. The van der Waals surface area contributed by atoms with Crippen LogP contribution in [0.15, 0.2) is 0 Å². The van der Waals surface area contributed by atoms with Crippen LogP contribution in [0.5, 0.6) is 0 Å². The Kier molecular flexibility index (Phi) is 5.14. The van der Waals surface area contributed by atoms with Gasteiger partial charge < -0.3 is 10.4 Å². The molecule has 1 amide bonds. The molecular formula is C8H15ClN2O5S. The van der Waals surface area contributed by atoms with E-state index in [1.807, 2.05) is 0 Å². The number of unbranched alkanes of at least 4 members (excludes halogenated alkanes) is 1. The molecule has 1 heterocycles. The first-order valence-electron chi connectivity index (χ1n) is 5.13. The standard InChI is InChI=1S/C8H15ClN2O5S/c9-6-5(7(12)11-8(13)10-6)3-1-2-4-17(14,15)16/h5-6,8,10,13H,1-4H2,(H,11,12)(H,14,15,16). The van der Waals surface area contributed by atoms with Gasteiger partial charge in [-0.2, -0.15) is 8.42 Å². The minimum absolute atomic E-state index is 0.259. The number of nitrogens with one attached hydrogen (secondary N) is 2. The number of carbonyl (C=O) groups excluding carboxylic acids is 1. The molecule has 0 radical (unpaired) electrons. The van der Waals surface area contributed by atoms with Crippen molar-refractivity contribution in [3.05, 3.63) is 0 Å². The summed E-state index contributed by atoms with van der Waals surface area (Å²) in [6.07, 6.45) is -0.0674. The number of alkyl halides is 1. The summed E-state index contributed by atoms with van der Waals surface area (Å²) in [7, 11) is -3.95. The summed E-state index contributed by atoms with van der Waals surface area (Å²) in [5, 5.41) is 13.9. The van der Waals surface area contributed by atoms with Crippen LogP contribution in [0.4, 0.5) is 0 Å². The topological polar surface area (TPSA) is 116 Å². The summed E-state index contributed by atoms with van der Waals surface area (Å²) in [6, 6.07) is 0. The summed E-state index contributed by atoms with van der Waals surface area (Å²) < 4.78 is 29.4. The van der Waals surface area contributed by atoms with E-state index in [-0.39, 0.29) is 18.1 Å². The van der Waals surface area contributed by atoms with E-state index >= 15 is 0 Å². The van der Waals surface area contributed by atoms with Gasteiger partial charge in [-0.25, -0.2) is 0 Å². The number of hydrogen-bond donors (Lipinski definition) is 4. The molecule has 0 spiro atoms. The molecular weight excluding hydrogens is 272 g/mol. The molecule has 3 unspecified atom stereocenters. The van der Waals surface area contributed by atoms with Crippen LogP contribution in [0.2, 0.25) is 0 Å². The highest BCUT2D eigenvalue weighted by Crippen LogP contribution is 2.19. The monoisotopic (exact) mass is 286 g/mol. The van der Waals surface area contributed by atoms with E-state index in [2.05, 4.69) is 10.6 Å². The summed E-state index contributed by atoms with van der Waals surface area (Å²) in [6.45, 7) is 0. The molecule has 0 aromatic heterocycles. The Balaban J connectivity index is 2.33. The molecule has 1 fully saturated rings. The van der Waals surface area contributed by atoms with Gasteiger partial charge in [0.1, 0.15) is 0 Å². The number of hydrogen-bond acceptors (Lipinski definition) is 5. The van der Waals surface area contributed by atoms with Crippen molar-refractivity contribution < 1.29 is 22.9 Å². The van der Waals surface area contributed by atoms with Crippen LogP contribution in [0.25, 0.3) is 0 Å². The molecule has 9 heteroatoms. The molecule has 0 aromatic carbocycles. The number of aliphatic hydroxyl groups excluding tert-OH is 1. The highest BCUT2D eigenvalue weighted by molar-refractivity contribution is 7.85. The second kappa shape index (κ2) is 5.96. The van der Waals surface area contributed by atoms with Crippen LogP contribution in [0, 0.1) is 5.92 Å². The van der Waals surface area contributed by atoms with Gasteiger partial charge >= 0.3 is 0 Å². The van der Waals surface area contributed by atoms with E-state index in [9.17, 15) is 13.2 Å². The molecule has 1 aliphatic heterocycles. The fourth-order valence-electron chi connectivity index (χ4n) is 1.61. The van der Waals surface area contributed by atoms with Crippen LogP contribution in [0.1, 0.15) is 19.3 Å². The Bertz CT molecular complexity index is 374. The van der Waals surface area contributed by atoms with Gasteiger partial charge in [0.15, 0.2) is 6.35 Å². The Morgan fingerprint density at radius 3 is 2.53 bits per heavy atom. The zero-order valence-corrected chi connectivity index (χ0v) is 10.5. The second-order valence-corrected chi connectivity index (χ2v) is 5.91. The van der Waals surface area contributed by atoms with Crippen molar-refractivity contribution in [2.24, 2.45) is 5.92 Å². The minimum Gasteiger partial charge on any atom is -0.361 e. The maximum absolute atomic E-state index is 11.4. The van der Waals surface area contributed by atoms with Crippen molar-refractivity contribution in [1.29, 1.82) is 0 Å². The zero-order chi connectivity index (χ0) is 13.1. The number of amides is 1. The smallest absolute Gasteiger partial charge is 0.264 e. The van der Waals surface area contributed by atoms with Gasteiger partial charge in [0.25, 0.3) is 10.1 Å². The number of halogens is 1. The third-order valence-corrected chi connectivity index (χ3v) is 3.69. The third kappa shape index (κ3) is 5.17. The normalized spacial score (nSPS) is 30.1. The highest BCUT2D eigenvalue weighted by atomic mass is 35.5. The Hall–Kier alpha value is -0.410. The van der Waals surface area contributed by atoms with Crippen LogP contribution in [-0.4, -0.2) is 41.6 Å². The molecule has 0 aromatic rings. The van der Waals surface area contributed by atoms with E-state index in [4.69, 9.17) is 21.3 Å². The molecule has 17 heavy (non-hydrogen) atoms. The molecule has 0 bridgehead atoms. The zero-order valence-electron chi connectivity index (χ0n) is 8.97. The van der Waals surface area contributed by atoms with Crippen molar-refractivity contribution in [1.82, 2.24) is 10.6 Å². The van der Waals surface area contributed by atoms with Gasteiger partial charge in [0.2, 0.25) is 5.91 Å². The van der Waals surface area contributed by atoms with Gasteiger partial charge in [-0.05, 0) is 12.8 Å². The Labute approximate surface area is 104 Å². The molecule has 0 saturated carbocycles. The number of rotatable bonds is 5. The van der Waals surface area contributed by atoms with Crippen molar-refractivity contribution in [3.63, 3.8) is 0 Å². The number of carbonyl (C=O) groups is 1. The second-order valence-electron chi connectivity index (χ2n) is 3.87. The summed E-state index contributed by atoms with van der Waals surface area (Å²) >= 11 is 5.84. The first-order chi connectivity index (χ1) is 7.79. The maximum atomic E-state index is 11.4. The summed E-state index contributed by atoms with van der Waals surface area (Å²) in [5.74, 6) is -1.23. The van der Waals surface area contributed by atoms with Gasteiger partial charge in [-0.15, -0.1) is 11.6 Å². The fraction of sp³-hybridized carbons (Fsp3) is 0.875. The molecule has 100 valence electrons. The largest absolute Gasteiger partial charge is 0.361 e. The maximum Gasteiger partial charge on any atom is 0.264 e. The fourth-order valence-corrected chi connectivity index (χ4v) is 2.54. The quantitative estimate of drug-likeness (QED) is 0.228. The van der Waals surface area contributed by atoms with Gasteiger partial charge in [-0.1, -0.05) is 6.42 Å². The molecule has 1 saturated heterocycles. The van der Waals surface area contributed by atoms with Gasteiger partial charge in [0, 0.05) is 0 Å². The van der Waals surface area contributed by atoms with Crippen molar-refractivity contribution in [3.8, 4) is 0 Å². The Morgan fingerprint density at radius 1 is 1.35 bits per heavy atom. The van der Waals surface area contributed by atoms with Gasteiger partial charge in [-0.3, -0.25) is 14.7 Å². The molecule has 1 rings (SSSR count). The van der Waals surface area contributed by atoms with Crippen molar-refractivity contribution >= 4 is 27.6 Å². The first-order valence-corrected chi connectivity index (χ1v) is 7.18. The lowest BCUT2D eigenvalue weighted by Gasteiger charge is -2.31. The van der Waals surface area contributed by atoms with Crippen molar-refractivity contribution in [2.75, 3.05) is 5.75 Å². The average molecular weight is 287 g/mol. The lowest BCUT2D eigenvalue weighted by molar-refractivity contribution is -0.133. The lowest BCUT2D eigenvalue weighted by Crippen LogP contribution is -2.59. The van der Waals surface area contributed by atoms with Crippen LogP contribution in [-0.2, 0) is 14.9 Å². The predicted octanol–water partition coefficient (Wildman–Crippen LogP) is -0.779. The van der Waals surface area contributed by atoms with Crippen LogP contribution >= 0.6 is 11.6 Å². The van der Waals surface area contributed by atoms with E-state index in [0.29, 0.717) is 12.8 Å². The van der Waals surface area contributed by atoms with Crippen LogP contribution in [0.3, 0.4) is 0 Å². The highest BCUT2D eigenvalue weighted by Gasteiger charge is 2.33. The first kappa shape index (κ1) is 14.7. The van der Waals surface area contributed by atoms with E-state index in [1.165, 1.54) is 0 Å². The molecule has 7 nitrogen and oxygen atoms in total. The van der Waals surface area contributed by atoms with E-state index in [1.54, 1.807) is 0 Å². The summed E-state index contributed by atoms with van der Waals surface area (Å²) in [5.41, 5.74) is -0.690. The average Bonchev–Trinajstić information content (AvgIpc) is 2.13. The summed E-state index contributed by atoms with van der Waals surface area (Å²) in [4.78, 5) is 11.4. The third-order valence-electron chi connectivity index (χ3n) is 2.45. The van der Waals surface area contributed by atoms with Crippen molar-refractivity contribution in [2.45, 2.75) is 31.1 Å². The molecule has 4 N–H and O–H groups in total.